The number of amides is 1. The van der Waals surface area contributed by atoms with E-state index in [1.165, 1.54) is 0 Å². The third-order valence-corrected chi connectivity index (χ3v) is 4.15. The number of ether oxygens (including phenoxy) is 2. The molecule has 0 aliphatic heterocycles. The molecule has 6 nitrogen and oxygen atoms in total. The van der Waals surface area contributed by atoms with E-state index in [0.717, 1.165) is 16.9 Å². The van der Waals surface area contributed by atoms with E-state index in [9.17, 15) is 9.59 Å². The molecule has 0 fully saturated rings. The van der Waals surface area contributed by atoms with Gasteiger partial charge in [0.2, 0.25) is 5.91 Å². The van der Waals surface area contributed by atoms with Gasteiger partial charge < -0.3 is 19.9 Å². The second-order valence-corrected chi connectivity index (χ2v) is 6.89. The van der Waals surface area contributed by atoms with Crippen LogP contribution in [0.3, 0.4) is 0 Å². The topological polar surface area (TPSA) is 84.9 Å². The van der Waals surface area contributed by atoms with Crippen molar-refractivity contribution in [2.45, 2.75) is 26.8 Å². The number of benzene rings is 2. The zero-order chi connectivity index (χ0) is 19.9. The summed E-state index contributed by atoms with van der Waals surface area (Å²) in [5, 5.41) is 11.6. The van der Waals surface area contributed by atoms with Crippen molar-refractivity contribution >= 4 is 11.9 Å². The number of methoxy groups -OCH3 is 1. The summed E-state index contributed by atoms with van der Waals surface area (Å²) in [6.07, 6.45) is 0.546. The molecule has 0 aromatic heterocycles. The van der Waals surface area contributed by atoms with Crippen molar-refractivity contribution in [1.82, 2.24) is 5.32 Å². The first kappa shape index (κ1) is 20.3. The highest BCUT2D eigenvalue weighted by molar-refractivity contribution is 5.82. The summed E-state index contributed by atoms with van der Waals surface area (Å²) in [5.74, 6) is 0.108. The van der Waals surface area contributed by atoms with Gasteiger partial charge in [0.1, 0.15) is 11.5 Å². The SMILES string of the molecule is COc1ccccc1CC(C)(C)C(=O)NCc1cccc(OCC(=O)O)c1. The van der Waals surface area contributed by atoms with Gasteiger partial charge in [-0.2, -0.15) is 0 Å². The molecule has 0 spiro atoms. The Hall–Kier alpha value is -3.02. The molecule has 0 aliphatic carbocycles. The summed E-state index contributed by atoms with van der Waals surface area (Å²) in [4.78, 5) is 23.3. The zero-order valence-corrected chi connectivity index (χ0v) is 15.8. The Morgan fingerprint density at radius 1 is 1.11 bits per heavy atom. The second-order valence-electron chi connectivity index (χ2n) is 6.89. The maximum atomic E-state index is 12.7. The summed E-state index contributed by atoms with van der Waals surface area (Å²) < 4.78 is 10.5. The Morgan fingerprint density at radius 2 is 1.85 bits per heavy atom. The van der Waals surface area contributed by atoms with Crippen LogP contribution in [-0.4, -0.2) is 30.7 Å². The summed E-state index contributed by atoms with van der Waals surface area (Å²) in [6, 6.07) is 14.7. The minimum absolute atomic E-state index is 0.0785. The molecule has 0 saturated heterocycles. The predicted octanol–water partition coefficient (Wildman–Crippen LogP) is 3.04. The first-order valence-corrected chi connectivity index (χ1v) is 8.65. The lowest BCUT2D eigenvalue weighted by molar-refractivity contribution is -0.139. The minimum atomic E-state index is -1.04. The Morgan fingerprint density at radius 3 is 2.56 bits per heavy atom. The van der Waals surface area contributed by atoms with E-state index < -0.39 is 18.0 Å². The molecular formula is C21H25NO5. The van der Waals surface area contributed by atoms with Crippen molar-refractivity contribution in [3.8, 4) is 11.5 Å². The predicted molar refractivity (Wildman–Crippen MR) is 102 cm³/mol. The highest BCUT2D eigenvalue weighted by Gasteiger charge is 2.28. The molecule has 0 atom stereocenters. The van der Waals surface area contributed by atoms with Gasteiger partial charge in [-0.1, -0.05) is 44.2 Å². The Balaban J connectivity index is 1.97. The van der Waals surface area contributed by atoms with Gasteiger partial charge in [-0.3, -0.25) is 4.79 Å². The molecule has 2 N–H and O–H groups in total. The normalized spacial score (nSPS) is 10.9. The lowest BCUT2D eigenvalue weighted by Gasteiger charge is -2.24. The molecule has 0 saturated carbocycles. The number of carbonyl (C=O) groups is 2. The van der Waals surface area contributed by atoms with Gasteiger partial charge in [-0.15, -0.1) is 0 Å². The molecule has 2 aromatic carbocycles. The van der Waals surface area contributed by atoms with Crippen molar-refractivity contribution in [2.24, 2.45) is 5.41 Å². The van der Waals surface area contributed by atoms with E-state index in [2.05, 4.69) is 5.32 Å². The number of carboxylic acid groups (broad SMARTS) is 1. The summed E-state index contributed by atoms with van der Waals surface area (Å²) >= 11 is 0. The number of rotatable bonds is 9. The average molecular weight is 371 g/mol. The van der Waals surface area contributed by atoms with Crippen LogP contribution in [0.4, 0.5) is 0 Å². The van der Waals surface area contributed by atoms with Gasteiger partial charge in [-0.25, -0.2) is 4.79 Å². The number of carboxylic acids is 1. The van der Waals surface area contributed by atoms with Gasteiger partial charge in [0.05, 0.1) is 7.11 Å². The third kappa shape index (κ3) is 6.02. The quantitative estimate of drug-likeness (QED) is 0.708. The van der Waals surface area contributed by atoms with Crippen molar-refractivity contribution in [3.05, 3.63) is 59.7 Å². The number of nitrogens with one attached hydrogen (secondary N) is 1. The van der Waals surface area contributed by atoms with E-state index >= 15 is 0 Å². The molecule has 6 heteroatoms. The highest BCUT2D eigenvalue weighted by Crippen LogP contribution is 2.28. The maximum Gasteiger partial charge on any atom is 0.341 e. The van der Waals surface area contributed by atoms with Gasteiger partial charge in [0.25, 0.3) is 0 Å². The fourth-order valence-corrected chi connectivity index (χ4v) is 2.72. The van der Waals surface area contributed by atoms with Crippen molar-refractivity contribution in [3.63, 3.8) is 0 Å². The van der Waals surface area contributed by atoms with Crippen molar-refractivity contribution < 1.29 is 24.2 Å². The van der Waals surface area contributed by atoms with E-state index in [4.69, 9.17) is 14.6 Å². The summed E-state index contributed by atoms with van der Waals surface area (Å²) in [5.41, 5.74) is 1.19. The average Bonchev–Trinajstić information content (AvgIpc) is 2.65. The van der Waals surface area contributed by atoms with Crippen LogP contribution < -0.4 is 14.8 Å². The van der Waals surface area contributed by atoms with E-state index in [0.29, 0.717) is 18.7 Å². The summed E-state index contributed by atoms with van der Waals surface area (Å²) in [7, 11) is 1.62. The van der Waals surface area contributed by atoms with Crippen LogP contribution in [-0.2, 0) is 22.6 Å². The highest BCUT2D eigenvalue weighted by atomic mass is 16.5. The van der Waals surface area contributed by atoms with Crippen molar-refractivity contribution in [2.75, 3.05) is 13.7 Å². The van der Waals surface area contributed by atoms with E-state index in [1.54, 1.807) is 25.3 Å². The lowest BCUT2D eigenvalue weighted by Crippen LogP contribution is -2.38. The van der Waals surface area contributed by atoms with Gasteiger partial charge in [-0.05, 0) is 35.7 Å². The fourth-order valence-electron chi connectivity index (χ4n) is 2.72. The molecular weight excluding hydrogens is 346 g/mol. The molecule has 2 rings (SSSR count). The maximum absolute atomic E-state index is 12.7. The molecule has 0 unspecified atom stereocenters. The number of para-hydroxylation sites is 1. The Labute approximate surface area is 159 Å². The van der Waals surface area contributed by atoms with Crippen LogP contribution in [0.1, 0.15) is 25.0 Å². The zero-order valence-electron chi connectivity index (χ0n) is 15.8. The van der Waals surface area contributed by atoms with E-state index in [1.807, 2.05) is 44.2 Å². The molecule has 0 radical (unpaired) electrons. The first-order valence-electron chi connectivity index (χ1n) is 8.65. The Kier molecular flexibility index (Phi) is 6.82. The number of aliphatic carboxylic acids is 1. The second kappa shape index (κ2) is 9.07. The monoisotopic (exact) mass is 371 g/mol. The minimum Gasteiger partial charge on any atom is -0.496 e. The molecule has 0 aliphatic rings. The van der Waals surface area contributed by atoms with Crippen LogP contribution in [0.15, 0.2) is 48.5 Å². The van der Waals surface area contributed by atoms with Crippen LogP contribution >= 0.6 is 0 Å². The van der Waals surface area contributed by atoms with Crippen LogP contribution in [0.2, 0.25) is 0 Å². The number of hydrogen-bond donors (Lipinski definition) is 2. The van der Waals surface area contributed by atoms with Crippen LogP contribution in [0.25, 0.3) is 0 Å². The number of hydrogen-bond acceptors (Lipinski definition) is 4. The molecule has 27 heavy (non-hydrogen) atoms. The van der Waals surface area contributed by atoms with Gasteiger partial charge in [0.15, 0.2) is 6.61 Å². The molecule has 1 amide bonds. The Bertz CT molecular complexity index is 801. The number of carbonyl (C=O) groups excluding carboxylic acids is 1. The standard InChI is InChI=1S/C21H25NO5/c1-21(2,12-16-8-4-5-10-18(16)26-3)20(25)22-13-15-7-6-9-17(11-15)27-14-19(23)24/h4-11H,12-14H2,1-3H3,(H,22,25)(H,23,24). The molecule has 0 heterocycles. The van der Waals surface area contributed by atoms with Crippen LogP contribution in [0.5, 0.6) is 11.5 Å². The fraction of sp³-hybridized carbons (Fsp3) is 0.333. The van der Waals surface area contributed by atoms with Gasteiger partial charge in [0, 0.05) is 12.0 Å². The lowest BCUT2D eigenvalue weighted by atomic mass is 9.84. The van der Waals surface area contributed by atoms with Gasteiger partial charge >= 0.3 is 5.97 Å². The largest absolute Gasteiger partial charge is 0.496 e. The smallest absolute Gasteiger partial charge is 0.341 e. The summed E-state index contributed by atoms with van der Waals surface area (Å²) in [6.45, 7) is 3.71. The molecule has 0 bridgehead atoms. The first-order chi connectivity index (χ1) is 12.8. The third-order valence-electron chi connectivity index (χ3n) is 4.15. The van der Waals surface area contributed by atoms with E-state index in [-0.39, 0.29) is 5.91 Å². The molecule has 2 aromatic rings. The molecule has 144 valence electrons. The van der Waals surface area contributed by atoms with Crippen LogP contribution in [0, 0.1) is 5.41 Å². The van der Waals surface area contributed by atoms with Crippen molar-refractivity contribution in [1.29, 1.82) is 0 Å².